The van der Waals surface area contributed by atoms with Crippen LogP contribution in [0.3, 0.4) is 0 Å². The molecule has 0 fully saturated rings. The molecular formula is C33H32N4. The van der Waals surface area contributed by atoms with Gasteiger partial charge in [0.25, 0.3) is 0 Å². The molecule has 1 aliphatic heterocycles. The molecule has 0 atom stereocenters. The lowest BCUT2D eigenvalue weighted by Gasteiger charge is -2.46. The third-order valence-electron chi connectivity index (χ3n) is 9.99. The number of hydrogen-bond donors (Lipinski definition) is 0. The molecule has 0 radical (unpaired) electrons. The molecule has 3 aromatic carbocycles. The maximum Gasteiger partial charge on any atom is 0.214 e. The predicted molar refractivity (Wildman–Crippen MR) is 150 cm³/mol. The Bertz CT molecular complexity index is 1560. The largest absolute Gasteiger partial charge is 0.310 e. The van der Waals surface area contributed by atoms with E-state index in [0.717, 1.165) is 28.2 Å². The van der Waals surface area contributed by atoms with Gasteiger partial charge in [0.05, 0.1) is 41.8 Å². The first kappa shape index (κ1) is 24.6. The first-order valence-electron chi connectivity index (χ1n) is 12.7. The molecule has 5 rings (SSSR count). The summed E-state index contributed by atoms with van der Waals surface area (Å²) in [5.41, 5.74) is 6.49. The van der Waals surface area contributed by atoms with Crippen molar-refractivity contribution in [1.29, 1.82) is 5.26 Å². The average molecular weight is 485 g/mol. The molecule has 4 nitrogen and oxygen atoms in total. The van der Waals surface area contributed by atoms with Gasteiger partial charge in [-0.3, -0.25) is 0 Å². The predicted octanol–water partition coefficient (Wildman–Crippen LogP) is 9.36. The Labute approximate surface area is 220 Å². The van der Waals surface area contributed by atoms with Crippen LogP contribution in [0.2, 0.25) is 0 Å². The second kappa shape index (κ2) is 7.47. The standard InChI is InChI=1S/C33H32N4/c1-30(2)21-15-11-13-17-23(21)37(24-18-14-12-16-22(24)30)29-20(19-34)27(35-9)28(36-10)25-26(29)32(5,6)33(7,8)31(25,3)4/h11-18H,1-8H3. The van der Waals surface area contributed by atoms with Crippen molar-refractivity contribution < 1.29 is 0 Å². The Kier molecular flexibility index (Phi) is 4.97. The number of anilines is 3. The fraction of sp³-hybridized carbons (Fsp3) is 0.364. The lowest BCUT2D eigenvalue weighted by atomic mass is 9.59. The van der Waals surface area contributed by atoms with Crippen molar-refractivity contribution >= 4 is 28.4 Å². The summed E-state index contributed by atoms with van der Waals surface area (Å²) >= 11 is 0. The van der Waals surface area contributed by atoms with Crippen molar-refractivity contribution in [3.63, 3.8) is 0 Å². The number of fused-ring (bicyclic) bond motifs is 3. The van der Waals surface area contributed by atoms with E-state index in [2.05, 4.69) is 112 Å². The summed E-state index contributed by atoms with van der Waals surface area (Å²) < 4.78 is 0. The average Bonchev–Trinajstić information content (AvgIpc) is 2.97. The van der Waals surface area contributed by atoms with E-state index in [9.17, 15) is 5.26 Å². The summed E-state index contributed by atoms with van der Waals surface area (Å²) in [6.45, 7) is 34.0. The van der Waals surface area contributed by atoms with Crippen molar-refractivity contribution in [3.8, 4) is 6.07 Å². The van der Waals surface area contributed by atoms with E-state index in [1.807, 2.05) is 12.1 Å². The van der Waals surface area contributed by atoms with E-state index in [1.54, 1.807) is 0 Å². The van der Waals surface area contributed by atoms with E-state index in [-0.39, 0.29) is 27.5 Å². The van der Waals surface area contributed by atoms with Gasteiger partial charge in [0, 0.05) is 5.41 Å². The Morgan fingerprint density at radius 1 is 0.703 bits per heavy atom. The minimum absolute atomic E-state index is 0.160. The Morgan fingerprint density at radius 2 is 1.16 bits per heavy atom. The number of nitrogens with zero attached hydrogens (tertiary/aromatic N) is 4. The molecule has 1 aliphatic carbocycles. The minimum Gasteiger partial charge on any atom is -0.310 e. The van der Waals surface area contributed by atoms with Gasteiger partial charge >= 0.3 is 0 Å². The number of nitriles is 1. The molecule has 184 valence electrons. The van der Waals surface area contributed by atoms with E-state index in [4.69, 9.17) is 13.1 Å². The molecule has 0 amide bonds. The van der Waals surface area contributed by atoms with Crippen LogP contribution in [0.4, 0.5) is 28.4 Å². The molecule has 0 saturated carbocycles. The van der Waals surface area contributed by atoms with Crippen LogP contribution in [0.5, 0.6) is 0 Å². The zero-order valence-electron chi connectivity index (χ0n) is 22.9. The van der Waals surface area contributed by atoms with E-state index >= 15 is 0 Å². The van der Waals surface area contributed by atoms with Gasteiger partial charge in [0.1, 0.15) is 0 Å². The van der Waals surface area contributed by atoms with Gasteiger partial charge in [-0.05, 0) is 50.6 Å². The fourth-order valence-electron chi connectivity index (χ4n) is 6.79. The molecule has 3 aromatic rings. The summed E-state index contributed by atoms with van der Waals surface area (Å²) in [5, 5.41) is 10.6. The minimum atomic E-state index is -0.401. The first-order valence-corrected chi connectivity index (χ1v) is 12.7. The highest BCUT2D eigenvalue weighted by Crippen LogP contribution is 2.69. The zero-order valence-corrected chi connectivity index (χ0v) is 22.9. The molecule has 0 saturated heterocycles. The molecule has 0 spiro atoms. The first-order chi connectivity index (χ1) is 17.3. The number of hydrogen-bond acceptors (Lipinski definition) is 2. The molecule has 0 unspecified atom stereocenters. The van der Waals surface area contributed by atoms with Crippen LogP contribution in [0.15, 0.2) is 48.5 Å². The smallest absolute Gasteiger partial charge is 0.214 e. The highest BCUT2D eigenvalue weighted by Gasteiger charge is 2.60. The highest BCUT2D eigenvalue weighted by molar-refractivity contribution is 5.98. The number of para-hydroxylation sites is 2. The van der Waals surface area contributed by atoms with E-state index in [0.29, 0.717) is 5.69 Å². The Balaban J connectivity index is 2.07. The molecule has 0 bridgehead atoms. The topological polar surface area (TPSA) is 35.8 Å². The molecule has 0 aromatic heterocycles. The molecule has 1 heterocycles. The van der Waals surface area contributed by atoms with Gasteiger partial charge in [-0.1, -0.05) is 91.8 Å². The highest BCUT2D eigenvalue weighted by atomic mass is 15.2. The third kappa shape index (κ3) is 2.75. The Hall–Kier alpha value is -4.07. The zero-order chi connectivity index (χ0) is 27.1. The van der Waals surface area contributed by atoms with Gasteiger partial charge in [0.2, 0.25) is 5.69 Å². The van der Waals surface area contributed by atoms with Crippen LogP contribution >= 0.6 is 0 Å². The summed E-state index contributed by atoms with van der Waals surface area (Å²) in [5.74, 6) is 0. The van der Waals surface area contributed by atoms with Crippen molar-refractivity contribution in [3.05, 3.63) is 99.2 Å². The lowest BCUT2D eigenvalue weighted by Crippen LogP contribution is -2.42. The van der Waals surface area contributed by atoms with Crippen LogP contribution < -0.4 is 4.90 Å². The maximum atomic E-state index is 10.6. The second-order valence-electron chi connectivity index (χ2n) is 12.4. The lowest BCUT2D eigenvalue weighted by molar-refractivity contribution is 0.125. The number of rotatable bonds is 1. The molecule has 37 heavy (non-hydrogen) atoms. The molecule has 0 N–H and O–H groups in total. The molecular weight excluding hydrogens is 452 g/mol. The molecule has 4 heteroatoms. The van der Waals surface area contributed by atoms with Gasteiger partial charge < -0.3 is 4.90 Å². The van der Waals surface area contributed by atoms with Gasteiger partial charge in [-0.2, -0.15) is 5.26 Å². The quantitative estimate of drug-likeness (QED) is 0.323. The van der Waals surface area contributed by atoms with Crippen molar-refractivity contribution in [2.24, 2.45) is 5.41 Å². The van der Waals surface area contributed by atoms with Crippen molar-refractivity contribution in [1.82, 2.24) is 0 Å². The maximum absolute atomic E-state index is 10.6. The Morgan fingerprint density at radius 3 is 1.62 bits per heavy atom. The van der Waals surface area contributed by atoms with E-state index in [1.165, 1.54) is 11.1 Å². The molecule has 2 aliphatic rings. The van der Waals surface area contributed by atoms with E-state index < -0.39 is 5.41 Å². The van der Waals surface area contributed by atoms with Crippen LogP contribution in [-0.2, 0) is 16.2 Å². The van der Waals surface area contributed by atoms with Crippen LogP contribution in [0.25, 0.3) is 9.69 Å². The van der Waals surface area contributed by atoms with Crippen LogP contribution in [0, 0.1) is 29.9 Å². The second-order valence-corrected chi connectivity index (χ2v) is 12.4. The van der Waals surface area contributed by atoms with Crippen molar-refractivity contribution in [2.75, 3.05) is 4.90 Å². The van der Waals surface area contributed by atoms with Gasteiger partial charge in [-0.15, -0.1) is 0 Å². The summed E-state index contributed by atoms with van der Waals surface area (Å²) in [4.78, 5) is 9.95. The summed E-state index contributed by atoms with van der Waals surface area (Å²) in [6, 6.07) is 19.1. The monoisotopic (exact) mass is 484 g/mol. The van der Waals surface area contributed by atoms with Gasteiger partial charge in [0.15, 0.2) is 5.69 Å². The summed E-state index contributed by atoms with van der Waals surface area (Å²) in [7, 11) is 0. The van der Waals surface area contributed by atoms with Crippen LogP contribution in [0.1, 0.15) is 83.2 Å². The SMILES string of the molecule is [C-]#[N+]c1c(C#N)c(N2c3ccccc3C(C)(C)c3ccccc32)c2c(c1[N+]#[C-])C(C)(C)C(C)(C)C2(C)C. The third-order valence-corrected chi connectivity index (χ3v) is 9.99. The fourth-order valence-corrected chi connectivity index (χ4v) is 6.79. The van der Waals surface area contributed by atoms with Crippen LogP contribution in [-0.4, -0.2) is 0 Å². The van der Waals surface area contributed by atoms with Gasteiger partial charge in [-0.25, -0.2) is 9.69 Å². The van der Waals surface area contributed by atoms with Crippen molar-refractivity contribution in [2.45, 2.75) is 71.6 Å². The normalized spacial score (nSPS) is 19.0. The summed E-state index contributed by atoms with van der Waals surface area (Å²) in [6.07, 6.45) is 0. The number of benzene rings is 3.